The molecule has 3 aromatic rings. The topological polar surface area (TPSA) is 35.5 Å². The fourth-order valence-corrected chi connectivity index (χ4v) is 2.89. The number of carbonyl (C=O) groups is 1. The van der Waals surface area contributed by atoms with Gasteiger partial charge in [0.1, 0.15) is 0 Å². The minimum Gasteiger partial charge on any atom is -0.330 e. The van der Waals surface area contributed by atoms with Gasteiger partial charge in [-0.25, -0.2) is 0 Å². The van der Waals surface area contributed by atoms with Crippen molar-refractivity contribution in [2.75, 3.05) is 0 Å². The summed E-state index contributed by atoms with van der Waals surface area (Å²) in [6.45, 7) is 0.499. The molecule has 0 N–H and O–H groups in total. The Morgan fingerprint density at radius 2 is 1.08 bits per heavy atom. The molecule has 0 saturated heterocycles. The average Bonchev–Trinajstić information content (AvgIpc) is 2.72. The van der Waals surface area contributed by atoms with Crippen molar-refractivity contribution in [2.24, 2.45) is 0 Å². The van der Waals surface area contributed by atoms with E-state index in [1.54, 1.807) is 12.1 Å². The Balaban J connectivity index is 1.78. The molecule has 132 valence electrons. The molecule has 0 fully saturated rings. The van der Waals surface area contributed by atoms with Gasteiger partial charge in [-0.05, 0) is 27.1 Å². The highest BCUT2D eigenvalue weighted by molar-refractivity contribution is 9.10. The van der Waals surface area contributed by atoms with E-state index in [0.717, 1.165) is 11.1 Å². The number of carbonyl (C=O) groups excluding carboxylic acids is 1. The fourth-order valence-electron chi connectivity index (χ4n) is 2.44. The summed E-state index contributed by atoms with van der Waals surface area (Å²) < 4.78 is 10.2. The maximum atomic E-state index is 13.0. The molecule has 0 spiro atoms. The fraction of sp³-hybridized carbons (Fsp3) is 0.136. The zero-order valence-electron chi connectivity index (χ0n) is 14.2. The van der Waals surface area contributed by atoms with Crippen molar-refractivity contribution < 1.29 is 14.3 Å². The molecule has 0 atom stereocenters. The van der Waals surface area contributed by atoms with Gasteiger partial charge in [-0.3, -0.25) is 4.79 Å². The maximum Gasteiger partial charge on any atom is 0.293 e. The van der Waals surface area contributed by atoms with Gasteiger partial charge in [0.05, 0.1) is 13.2 Å². The number of hydrogen-bond donors (Lipinski definition) is 0. The van der Waals surface area contributed by atoms with Crippen molar-refractivity contribution in [2.45, 2.75) is 17.9 Å². The summed E-state index contributed by atoms with van der Waals surface area (Å²) in [5.74, 6) is -0.273. The molecule has 0 unspecified atom stereocenters. The van der Waals surface area contributed by atoms with Gasteiger partial charge in [0.25, 0.3) is 4.70 Å². The molecule has 4 heteroatoms. The van der Waals surface area contributed by atoms with Crippen LogP contribution in [0.15, 0.2) is 91.0 Å². The van der Waals surface area contributed by atoms with E-state index in [-0.39, 0.29) is 19.0 Å². The summed E-state index contributed by atoms with van der Waals surface area (Å²) in [5, 5.41) is 0. The van der Waals surface area contributed by atoms with Crippen molar-refractivity contribution in [3.05, 3.63) is 108 Å². The van der Waals surface area contributed by atoms with Gasteiger partial charge < -0.3 is 9.47 Å². The van der Waals surface area contributed by atoms with Crippen LogP contribution in [0, 0.1) is 0 Å². The predicted octanol–water partition coefficient (Wildman–Crippen LogP) is 5.35. The van der Waals surface area contributed by atoms with Crippen molar-refractivity contribution >= 4 is 21.7 Å². The van der Waals surface area contributed by atoms with E-state index < -0.39 is 4.70 Å². The van der Waals surface area contributed by atoms with Crippen LogP contribution in [0.5, 0.6) is 0 Å². The molecule has 0 saturated carbocycles. The normalized spacial score (nSPS) is 11.3. The summed E-state index contributed by atoms with van der Waals surface area (Å²) in [7, 11) is 0. The number of alkyl halides is 1. The summed E-state index contributed by atoms with van der Waals surface area (Å²) in [6.07, 6.45) is 0. The Morgan fingerprint density at radius 3 is 1.50 bits per heavy atom. The lowest BCUT2D eigenvalue weighted by atomic mass is 10.1. The van der Waals surface area contributed by atoms with Crippen LogP contribution < -0.4 is 0 Å². The van der Waals surface area contributed by atoms with E-state index in [1.165, 1.54) is 0 Å². The first-order chi connectivity index (χ1) is 12.7. The number of ether oxygens (including phenoxy) is 2. The van der Waals surface area contributed by atoms with E-state index in [1.807, 2.05) is 78.9 Å². The van der Waals surface area contributed by atoms with Gasteiger partial charge in [0.15, 0.2) is 0 Å². The Kier molecular flexibility index (Phi) is 6.34. The first-order valence-electron chi connectivity index (χ1n) is 8.32. The summed E-state index contributed by atoms with van der Waals surface area (Å²) in [5.41, 5.74) is 2.44. The van der Waals surface area contributed by atoms with Crippen LogP contribution in [0.3, 0.4) is 0 Å². The Bertz CT molecular complexity index is 776. The van der Waals surface area contributed by atoms with Gasteiger partial charge in [0, 0.05) is 5.56 Å². The third-order valence-electron chi connectivity index (χ3n) is 3.84. The third kappa shape index (κ3) is 4.88. The molecular formula is C22H19BrO3. The standard InChI is InChI=1S/C22H19BrO3/c23-22(21(24)20-14-8-3-9-15-20,25-16-18-10-4-1-5-11-18)26-17-19-12-6-2-7-13-19/h1-15H,16-17H2. The summed E-state index contributed by atoms with van der Waals surface area (Å²) in [6, 6.07) is 28.3. The number of hydrogen-bond acceptors (Lipinski definition) is 3. The van der Waals surface area contributed by atoms with Gasteiger partial charge in [-0.2, -0.15) is 0 Å². The van der Waals surface area contributed by atoms with Crippen molar-refractivity contribution in [1.29, 1.82) is 0 Å². The van der Waals surface area contributed by atoms with Crippen molar-refractivity contribution in [3.8, 4) is 0 Å². The molecule has 0 heterocycles. The van der Waals surface area contributed by atoms with Gasteiger partial charge in [0.2, 0.25) is 5.78 Å². The van der Waals surface area contributed by atoms with E-state index in [4.69, 9.17) is 9.47 Å². The highest BCUT2D eigenvalue weighted by atomic mass is 79.9. The molecule has 0 aliphatic carbocycles. The molecule has 0 aromatic heterocycles. The molecular weight excluding hydrogens is 392 g/mol. The van der Waals surface area contributed by atoms with Gasteiger partial charge in [-0.1, -0.05) is 91.0 Å². The highest BCUT2D eigenvalue weighted by Gasteiger charge is 2.39. The minimum atomic E-state index is -1.56. The SMILES string of the molecule is O=C(c1ccccc1)C(Br)(OCc1ccccc1)OCc1ccccc1. The number of benzene rings is 3. The number of ketones is 1. The highest BCUT2D eigenvalue weighted by Crippen LogP contribution is 2.29. The summed E-state index contributed by atoms with van der Waals surface area (Å²) in [4.78, 5) is 13.0. The van der Waals surface area contributed by atoms with E-state index in [2.05, 4.69) is 15.9 Å². The average molecular weight is 411 g/mol. The second-order valence-corrected chi connectivity index (χ2v) is 6.82. The number of halogens is 1. The lowest BCUT2D eigenvalue weighted by Crippen LogP contribution is -2.38. The molecule has 26 heavy (non-hydrogen) atoms. The smallest absolute Gasteiger partial charge is 0.293 e. The second-order valence-electron chi connectivity index (χ2n) is 5.78. The van der Waals surface area contributed by atoms with Crippen LogP contribution in [0.25, 0.3) is 0 Å². The quantitative estimate of drug-likeness (QED) is 0.285. The van der Waals surface area contributed by atoms with E-state index in [9.17, 15) is 4.79 Å². The molecule has 3 aromatic carbocycles. The van der Waals surface area contributed by atoms with E-state index in [0.29, 0.717) is 5.56 Å². The zero-order chi connectivity index (χ0) is 18.2. The maximum absolute atomic E-state index is 13.0. The number of rotatable bonds is 8. The van der Waals surface area contributed by atoms with Crippen LogP contribution in [0.4, 0.5) is 0 Å². The van der Waals surface area contributed by atoms with Crippen LogP contribution in [-0.4, -0.2) is 10.5 Å². The van der Waals surface area contributed by atoms with Crippen molar-refractivity contribution in [3.63, 3.8) is 0 Å². The lowest BCUT2D eigenvalue weighted by Gasteiger charge is -2.27. The Hall–Kier alpha value is -2.27. The zero-order valence-corrected chi connectivity index (χ0v) is 15.8. The molecule has 3 nitrogen and oxygen atoms in total. The first-order valence-corrected chi connectivity index (χ1v) is 9.11. The van der Waals surface area contributed by atoms with Crippen LogP contribution in [-0.2, 0) is 22.7 Å². The van der Waals surface area contributed by atoms with Crippen LogP contribution in [0.2, 0.25) is 0 Å². The minimum absolute atomic E-state index is 0.249. The van der Waals surface area contributed by atoms with Crippen LogP contribution in [0.1, 0.15) is 21.5 Å². The predicted molar refractivity (Wildman–Crippen MR) is 105 cm³/mol. The molecule has 0 amide bonds. The molecule has 0 radical (unpaired) electrons. The van der Waals surface area contributed by atoms with Crippen LogP contribution >= 0.6 is 15.9 Å². The first kappa shape index (κ1) is 18.5. The molecule has 3 rings (SSSR count). The molecule has 0 aliphatic heterocycles. The largest absolute Gasteiger partial charge is 0.330 e. The van der Waals surface area contributed by atoms with Crippen molar-refractivity contribution in [1.82, 2.24) is 0 Å². The van der Waals surface area contributed by atoms with Gasteiger partial charge in [-0.15, -0.1) is 0 Å². The Labute approximate surface area is 161 Å². The Morgan fingerprint density at radius 1 is 0.692 bits per heavy atom. The number of Topliss-reactive ketones (excluding diaryl/α,β-unsaturated/α-hetero) is 1. The monoisotopic (exact) mass is 410 g/mol. The molecule has 0 aliphatic rings. The second kappa shape index (κ2) is 8.90. The van der Waals surface area contributed by atoms with E-state index >= 15 is 0 Å². The van der Waals surface area contributed by atoms with Gasteiger partial charge >= 0.3 is 0 Å². The summed E-state index contributed by atoms with van der Waals surface area (Å²) >= 11 is 3.41. The molecule has 0 bridgehead atoms. The lowest BCUT2D eigenvalue weighted by molar-refractivity contribution is -0.148. The third-order valence-corrected chi connectivity index (χ3v) is 4.66.